The maximum absolute atomic E-state index is 12.5. The number of amides is 3. The number of rotatable bonds is 5. The molecule has 0 radical (unpaired) electrons. The lowest BCUT2D eigenvalue weighted by Gasteiger charge is -2.14. The van der Waals surface area contributed by atoms with E-state index in [4.69, 9.17) is 4.74 Å². The summed E-state index contributed by atoms with van der Waals surface area (Å²) in [5, 5.41) is 2.29. The van der Waals surface area contributed by atoms with Gasteiger partial charge >= 0.3 is 12.1 Å². The lowest BCUT2D eigenvalue weighted by atomic mass is 9.85. The Morgan fingerprint density at radius 2 is 1.59 bits per heavy atom. The number of halogens is 3. The maximum atomic E-state index is 12.5. The molecule has 1 aromatic rings. The summed E-state index contributed by atoms with van der Waals surface area (Å²) in [6, 6.07) is 3.75. The molecule has 2 aliphatic rings. The number of benzene rings is 1. The normalized spacial score (nSPS) is 21.1. The van der Waals surface area contributed by atoms with E-state index in [0.717, 1.165) is 29.2 Å². The lowest BCUT2D eigenvalue weighted by Crippen LogP contribution is -2.37. The van der Waals surface area contributed by atoms with Crippen molar-refractivity contribution in [1.29, 1.82) is 0 Å². The van der Waals surface area contributed by atoms with Gasteiger partial charge in [-0.3, -0.25) is 24.1 Å². The van der Waals surface area contributed by atoms with Crippen LogP contribution in [0.3, 0.4) is 0 Å². The van der Waals surface area contributed by atoms with Crippen LogP contribution in [0.15, 0.2) is 36.4 Å². The second-order valence-corrected chi connectivity index (χ2v) is 6.70. The summed E-state index contributed by atoms with van der Waals surface area (Å²) in [5.74, 6) is -3.51. The average Bonchev–Trinajstić information content (AvgIpc) is 2.91. The zero-order chi connectivity index (χ0) is 21.2. The Kier molecular flexibility index (Phi) is 5.71. The fraction of sp³-hybridized carbons (Fsp3) is 0.368. The number of esters is 1. The first-order valence-corrected chi connectivity index (χ1v) is 8.80. The van der Waals surface area contributed by atoms with E-state index >= 15 is 0 Å². The minimum atomic E-state index is -4.49. The molecule has 1 saturated heterocycles. The molecule has 1 heterocycles. The van der Waals surface area contributed by atoms with Gasteiger partial charge in [0.1, 0.15) is 6.54 Å². The molecule has 1 aromatic carbocycles. The van der Waals surface area contributed by atoms with Crippen LogP contribution in [0.4, 0.5) is 18.9 Å². The summed E-state index contributed by atoms with van der Waals surface area (Å²) in [6.45, 7) is -1.29. The first-order valence-electron chi connectivity index (χ1n) is 8.80. The highest BCUT2D eigenvalue weighted by atomic mass is 19.4. The molecule has 0 aromatic heterocycles. The number of nitrogens with zero attached hydrogens (tertiary/aromatic N) is 1. The van der Waals surface area contributed by atoms with E-state index in [1.807, 2.05) is 12.2 Å². The molecule has 2 atom stereocenters. The molecule has 3 rings (SSSR count). The molecule has 10 heteroatoms. The summed E-state index contributed by atoms with van der Waals surface area (Å²) < 4.78 is 42.3. The van der Waals surface area contributed by atoms with Gasteiger partial charge < -0.3 is 10.1 Å². The molecule has 0 saturated carbocycles. The van der Waals surface area contributed by atoms with Crippen LogP contribution in [0.25, 0.3) is 0 Å². The van der Waals surface area contributed by atoms with Crippen LogP contribution in [0, 0.1) is 11.8 Å². The number of alkyl halides is 3. The number of hydrogen-bond donors (Lipinski definition) is 1. The number of carbonyl (C=O) groups is 4. The van der Waals surface area contributed by atoms with Crippen molar-refractivity contribution in [2.45, 2.75) is 19.0 Å². The largest absolute Gasteiger partial charge is 0.454 e. The van der Waals surface area contributed by atoms with Gasteiger partial charge in [-0.1, -0.05) is 12.2 Å². The van der Waals surface area contributed by atoms with E-state index in [2.05, 4.69) is 5.32 Å². The van der Waals surface area contributed by atoms with Crippen molar-refractivity contribution in [3.8, 4) is 0 Å². The Balaban J connectivity index is 1.47. The number of fused-ring (bicyclic) bond motifs is 1. The van der Waals surface area contributed by atoms with Crippen molar-refractivity contribution < 1.29 is 37.1 Å². The summed E-state index contributed by atoms with van der Waals surface area (Å²) in [4.78, 5) is 49.1. The van der Waals surface area contributed by atoms with Gasteiger partial charge in [0.05, 0.1) is 17.4 Å². The maximum Gasteiger partial charge on any atom is 0.416 e. The number of imide groups is 1. The molecular formula is C19H17F3N2O5. The van der Waals surface area contributed by atoms with Gasteiger partial charge in [-0.2, -0.15) is 13.2 Å². The highest BCUT2D eigenvalue weighted by Gasteiger charge is 2.47. The molecule has 3 amide bonds. The number of ether oxygens (including phenoxy) is 1. The Morgan fingerprint density at radius 3 is 2.10 bits per heavy atom. The second kappa shape index (κ2) is 8.06. The van der Waals surface area contributed by atoms with E-state index < -0.39 is 60.4 Å². The van der Waals surface area contributed by atoms with Crippen LogP contribution in [0.5, 0.6) is 0 Å². The summed E-state index contributed by atoms with van der Waals surface area (Å²) in [5.41, 5.74) is -0.766. The van der Waals surface area contributed by atoms with E-state index in [1.54, 1.807) is 0 Å². The summed E-state index contributed by atoms with van der Waals surface area (Å²) in [6.07, 6.45) is 0.0300. The van der Waals surface area contributed by atoms with Gasteiger partial charge in [0, 0.05) is 5.69 Å². The van der Waals surface area contributed by atoms with Crippen LogP contribution >= 0.6 is 0 Å². The van der Waals surface area contributed by atoms with Crippen LogP contribution in [-0.2, 0) is 30.1 Å². The molecule has 1 N–H and O–H groups in total. The molecule has 1 fully saturated rings. The number of allylic oxidation sites excluding steroid dienone is 2. The standard InChI is InChI=1S/C19H17F3N2O5/c20-19(21,22)11-5-7-12(8-6-11)23-15(25)10-29-16(26)9-24-17(27)13-3-1-2-4-14(13)18(24)28/h1-2,5-8,13-14H,3-4,9-10H2,(H,23,25)/t13-,14+. The second-order valence-electron chi connectivity index (χ2n) is 6.70. The number of likely N-dealkylation sites (tertiary alicyclic amines) is 1. The van der Waals surface area contributed by atoms with Crippen molar-refractivity contribution in [1.82, 2.24) is 4.90 Å². The topological polar surface area (TPSA) is 92.8 Å². The summed E-state index contributed by atoms with van der Waals surface area (Å²) in [7, 11) is 0. The van der Waals surface area contributed by atoms with E-state index in [1.165, 1.54) is 0 Å². The van der Waals surface area contributed by atoms with Crippen LogP contribution in [-0.4, -0.2) is 41.7 Å². The molecule has 29 heavy (non-hydrogen) atoms. The number of carbonyl (C=O) groups excluding carboxylic acids is 4. The number of nitrogens with one attached hydrogen (secondary N) is 1. The third kappa shape index (κ3) is 4.64. The Bertz CT molecular complexity index is 838. The Hall–Kier alpha value is -3.17. The van der Waals surface area contributed by atoms with Crippen LogP contribution in [0.1, 0.15) is 18.4 Å². The van der Waals surface area contributed by atoms with Crippen molar-refractivity contribution in [3.05, 3.63) is 42.0 Å². The van der Waals surface area contributed by atoms with Crippen molar-refractivity contribution in [2.75, 3.05) is 18.5 Å². The molecule has 0 unspecified atom stereocenters. The van der Waals surface area contributed by atoms with E-state index in [9.17, 15) is 32.3 Å². The van der Waals surface area contributed by atoms with Gasteiger partial charge in [0.25, 0.3) is 5.91 Å². The Morgan fingerprint density at radius 1 is 1.03 bits per heavy atom. The van der Waals surface area contributed by atoms with Gasteiger partial charge in [0.15, 0.2) is 6.61 Å². The zero-order valence-corrected chi connectivity index (χ0v) is 15.1. The predicted octanol–water partition coefficient (Wildman–Crippen LogP) is 2.14. The quantitative estimate of drug-likeness (QED) is 0.456. The molecule has 7 nitrogen and oxygen atoms in total. The highest BCUT2D eigenvalue weighted by molar-refractivity contribution is 6.07. The molecule has 0 bridgehead atoms. The first-order chi connectivity index (χ1) is 13.7. The average molecular weight is 410 g/mol. The monoisotopic (exact) mass is 410 g/mol. The minimum Gasteiger partial charge on any atom is -0.454 e. The lowest BCUT2D eigenvalue weighted by molar-refractivity contribution is -0.154. The minimum absolute atomic E-state index is 0.0977. The van der Waals surface area contributed by atoms with E-state index in [0.29, 0.717) is 12.8 Å². The molecule has 1 aliphatic heterocycles. The predicted molar refractivity (Wildman–Crippen MR) is 93.1 cm³/mol. The number of hydrogen-bond acceptors (Lipinski definition) is 5. The molecule has 0 spiro atoms. The van der Waals surface area contributed by atoms with Crippen molar-refractivity contribution in [3.63, 3.8) is 0 Å². The summed E-state index contributed by atoms with van der Waals surface area (Å²) >= 11 is 0. The zero-order valence-electron chi connectivity index (χ0n) is 15.1. The van der Waals surface area contributed by atoms with Crippen molar-refractivity contribution >= 4 is 29.4 Å². The van der Waals surface area contributed by atoms with E-state index in [-0.39, 0.29) is 5.69 Å². The highest BCUT2D eigenvalue weighted by Crippen LogP contribution is 2.35. The van der Waals surface area contributed by atoms with Gasteiger partial charge in [0.2, 0.25) is 11.8 Å². The SMILES string of the molecule is O=C(COC(=O)CN1C(=O)[C@H]2CC=CC[C@H]2C1=O)Nc1ccc(C(F)(F)F)cc1. The third-order valence-electron chi connectivity index (χ3n) is 4.75. The molecule has 1 aliphatic carbocycles. The molecular weight excluding hydrogens is 393 g/mol. The van der Waals surface area contributed by atoms with Gasteiger partial charge in [-0.25, -0.2) is 0 Å². The first kappa shape index (κ1) is 20.6. The fourth-order valence-corrected chi connectivity index (χ4v) is 3.29. The number of anilines is 1. The smallest absolute Gasteiger partial charge is 0.416 e. The third-order valence-corrected chi connectivity index (χ3v) is 4.75. The van der Waals surface area contributed by atoms with Gasteiger partial charge in [-0.15, -0.1) is 0 Å². The van der Waals surface area contributed by atoms with Crippen molar-refractivity contribution in [2.24, 2.45) is 11.8 Å². The Labute approximate surface area is 163 Å². The van der Waals surface area contributed by atoms with Crippen LogP contribution < -0.4 is 5.32 Å². The fourth-order valence-electron chi connectivity index (χ4n) is 3.29. The van der Waals surface area contributed by atoms with Crippen LogP contribution in [0.2, 0.25) is 0 Å². The molecule has 154 valence electrons. The van der Waals surface area contributed by atoms with Gasteiger partial charge in [-0.05, 0) is 37.1 Å².